The summed E-state index contributed by atoms with van der Waals surface area (Å²) in [5.41, 5.74) is 0. The van der Waals surface area contributed by atoms with Gasteiger partial charge in [0.1, 0.15) is 0 Å². The molecule has 1 fully saturated rings. The first-order chi connectivity index (χ1) is 8.36. The largest absolute Gasteiger partial charge is 0.355 e. The maximum atomic E-state index is 11.8. The Kier molecular flexibility index (Phi) is 4.55. The molecule has 5 nitrogen and oxygen atoms in total. The molecule has 0 radical (unpaired) electrons. The molecule has 0 bridgehead atoms. The maximum Gasteiger partial charge on any atom is 0.237 e. The summed E-state index contributed by atoms with van der Waals surface area (Å²) in [5, 5.41) is 10.3. The van der Waals surface area contributed by atoms with Crippen LogP contribution in [0, 0.1) is 0 Å². The zero-order valence-electron chi connectivity index (χ0n) is 10.1. The van der Waals surface area contributed by atoms with E-state index in [0.717, 1.165) is 38.9 Å². The van der Waals surface area contributed by atoms with Crippen LogP contribution < -0.4 is 10.6 Å². The molecule has 1 atom stereocenters. The minimum atomic E-state index is 0.0217. The number of hydrogen-bond acceptors (Lipinski definition) is 3. The number of aromatic nitrogens is 2. The molecule has 1 aromatic heterocycles. The third-order valence-electron chi connectivity index (χ3n) is 3.05. The molecule has 1 aliphatic heterocycles. The van der Waals surface area contributed by atoms with Gasteiger partial charge in [0.15, 0.2) is 0 Å². The van der Waals surface area contributed by atoms with Crippen LogP contribution in [0.25, 0.3) is 0 Å². The average molecular weight is 236 g/mol. The SMILES string of the molecule is O=C(NCCCn1cccn1)[C@H]1CCCCN1. The van der Waals surface area contributed by atoms with Crippen molar-refractivity contribution < 1.29 is 4.79 Å². The predicted molar refractivity (Wildman–Crippen MR) is 65.5 cm³/mol. The van der Waals surface area contributed by atoms with Gasteiger partial charge in [0.05, 0.1) is 6.04 Å². The third kappa shape index (κ3) is 3.85. The molecule has 17 heavy (non-hydrogen) atoms. The van der Waals surface area contributed by atoms with E-state index >= 15 is 0 Å². The fraction of sp³-hybridized carbons (Fsp3) is 0.667. The van der Waals surface area contributed by atoms with E-state index in [0.29, 0.717) is 0 Å². The van der Waals surface area contributed by atoms with Crippen LogP contribution in [0.1, 0.15) is 25.7 Å². The van der Waals surface area contributed by atoms with E-state index in [1.54, 1.807) is 6.20 Å². The van der Waals surface area contributed by atoms with E-state index in [1.165, 1.54) is 6.42 Å². The Morgan fingerprint density at radius 2 is 2.47 bits per heavy atom. The highest BCUT2D eigenvalue weighted by molar-refractivity contribution is 5.81. The van der Waals surface area contributed by atoms with Gasteiger partial charge in [0.25, 0.3) is 0 Å². The van der Waals surface area contributed by atoms with Crippen LogP contribution in [-0.2, 0) is 11.3 Å². The van der Waals surface area contributed by atoms with Gasteiger partial charge >= 0.3 is 0 Å². The number of rotatable bonds is 5. The van der Waals surface area contributed by atoms with Gasteiger partial charge in [-0.15, -0.1) is 0 Å². The average Bonchev–Trinajstić information content (AvgIpc) is 2.88. The van der Waals surface area contributed by atoms with Crippen LogP contribution in [-0.4, -0.2) is 34.8 Å². The summed E-state index contributed by atoms with van der Waals surface area (Å²) in [7, 11) is 0. The second-order valence-corrected chi connectivity index (χ2v) is 4.42. The summed E-state index contributed by atoms with van der Waals surface area (Å²) in [6, 6.07) is 1.93. The Balaban J connectivity index is 1.59. The van der Waals surface area contributed by atoms with Gasteiger partial charge in [-0.05, 0) is 31.9 Å². The number of piperidine rings is 1. The van der Waals surface area contributed by atoms with Crippen LogP contribution in [0.5, 0.6) is 0 Å². The van der Waals surface area contributed by atoms with Gasteiger partial charge in [-0.3, -0.25) is 9.48 Å². The van der Waals surface area contributed by atoms with Crippen molar-refractivity contribution in [2.75, 3.05) is 13.1 Å². The Bertz CT molecular complexity index is 330. The van der Waals surface area contributed by atoms with Crippen molar-refractivity contribution in [2.24, 2.45) is 0 Å². The van der Waals surface area contributed by atoms with E-state index < -0.39 is 0 Å². The monoisotopic (exact) mass is 236 g/mol. The molecule has 2 heterocycles. The van der Waals surface area contributed by atoms with Crippen LogP contribution >= 0.6 is 0 Å². The van der Waals surface area contributed by atoms with Crippen molar-refractivity contribution in [1.29, 1.82) is 0 Å². The first-order valence-electron chi connectivity index (χ1n) is 6.35. The molecule has 2 rings (SSSR count). The van der Waals surface area contributed by atoms with Crippen molar-refractivity contribution in [1.82, 2.24) is 20.4 Å². The zero-order chi connectivity index (χ0) is 11.9. The molecule has 1 aromatic rings. The van der Waals surface area contributed by atoms with E-state index in [1.807, 2.05) is 16.9 Å². The quantitative estimate of drug-likeness (QED) is 0.733. The number of aryl methyl sites for hydroxylation is 1. The number of carbonyl (C=O) groups excluding carboxylic acids is 1. The summed E-state index contributed by atoms with van der Waals surface area (Å²) in [6.45, 7) is 2.54. The molecule has 2 N–H and O–H groups in total. The molecule has 0 aromatic carbocycles. The molecular weight excluding hydrogens is 216 g/mol. The lowest BCUT2D eigenvalue weighted by Gasteiger charge is -2.22. The number of hydrogen-bond donors (Lipinski definition) is 2. The zero-order valence-corrected chi connectivity index (χ0v) is 10.1. The molecule has 1 amide bonds. The predicted octanol–water partition coefficient (Wildman–Crippen LogP) is 0.531. The van der Waals surface area contributed by atoms with Crippen LogP contribution in [0.15, 0.2) is 18.5 Å². The van der Waals surface area contributed by atoms with Crippen LogP contribution in [0.2, 0.25) is 0 Å². The molecule has 5 heteroatoms. The lowest BCUT2D eigenvalue weighted by molar-refractivity contribution is -0.123. The normalized spacial score (nSPS) is 20.1. The molecule has 0 spiro atoms. The number of carbonyl (C=O) groups is 1. The fourth-order valence-corrected chi connectivity index (χ4v) is 2.08. The minimum absolute atomic E-state index is 0.0217. The third-order valence-corrected chi connectivity index (χ3v) is 3.05. The van der Waals surface area contributed by atoms with Crippen molar-refractivity contribution in [2.45, 2.75) is 38.3 Å². The van der Waals surface area contributed by atoms with Crippen molar-refractivity contribution in [3.63, 3.8) is 0 Å². The molecule has 0 aliphatic carbocycles. The van der Waals surface area contributed by atoms with E-state index in [-0.39, 0.29) is 11.9 Å². The topological polar surface area (TPSA) is 59.0 Å². The van der Waals surface area contributed by atoms with Crippen LogP contribution in [0.4, 0.5) is 0 Å². The first-order valence-corrected chi connectivity index (χ1v) is 6.35. The molecule has 1 aliphatic rings. The molecule has 94 valence electrons. The standard InChI is InChI=1S/C12H20N4O/c17-12(11-5-1-2-6-13-11)14-7-3-9-16-10-4-8-15-16/h4,8,10-11,13H,1-3,5-7,9H2,(H,14,17)/t11-/m1/s1. The van der Waals surface area contributed by atoms with Gasteiger partial charge in [0, 0.05) is 25.5 Å². The first kappa shape index (κ1) is 12.1. The number of nitrogens with one attached hydrogen (secondary N) is 2. The Hall–Kier alpha value is -1.36. The fourth-order valence-electron chi connectivity index (χ4n) is 2.08. The molecular formula is C12H20N4O. The van der Waals surface area contributed by atoms with Crippen molar-refractivity contribution in [3.8, 4) is 0 Å². The summed E-state index contributed by atoms with van der Waals surface area (Å²) < 4.78 is 1.88. The number of amides is 1. The van der Waals surface area contributed by atoms with Gasteiger partial charge < -0.3 is 10.6 Å². The van der Waals surface area contributed by atoms with E-state index in [4.69, 9.17) is 0 Å². The van der Waals surface area contributed by atoms with Gasteiger partial charge in [-0.25, -0.2) is 0 Å². The highest BCUT2D eigenvalue weighted by Gasteiger charge is 2.19. The summed E-state index contributed by atoms with van der Waals surface area (Å²) in [5.74, 6) is 0.144. The van der Waals surface area contributed by atoms with E-state index in [2.05, 4.69) is 15.7 Å². The highest BCUT2D eigenvalue weighted by Crippen LogP contribution is 2.06. The lowest BCUT2D eigenvalue weighted by atomic mass is 10.0. The molecule has 1 saturated heterocycles. The maximum absolute atomic E-state index is 11.8. The molecule has 0 saturated carbocycles. The van der Waals surface area contributed by atoms with Gasteiger partial charge in [-0.2, -0.15) is 5.10 Å². The Morgan fingerprint density at radius 1 is 1.53 bits per heavy atom. The van der Waals surface area contributed by atoms with Gasteiger partial charge in [-0.1, -0.05) is 6.42 Å². The Morgan fingerprint density at radius 3 is 3.18 bits per heavy atom. The minimum Gasteiger partial charge on any atom is -0.355 e. The number of nitrogens with zero attached hydrogens (tertiary/aromatic N) is 2. The Labute approximate surface area is 102 Å². The highest BCUT2D eigenvalue weighted by atomic mass is 16.2. The summed E-state index contributed by atoms with van der Waals surface area (Å²) in [4.78, 5) is 11.8. The smallest absolute Gasteiger partial charge is 0.237 e. The van der Waals surface area contributed by atoms with Crippen LogP contribution in [0.3, 0.4) is 0 Å². The van der Waals surface area contributed by atoms with Crippen molar-refractivity contribution in [3.05, 3.63) is 18.5 Å². The van der Waals surface area contributed by atoms with E-state index in [9.17, 15) is 4.79 Å². The van der Waals surface area contributed by atoms with Crippen molar-refractivity contribution >= 4 is 5.91 Å². The second kappa shape index (κ2) is 6.39. The summed E-state index contributed by atoms with van der Waals surface area (Å²) in [6.07, 6.45) is 7.92. The summed E-state index contributed by atoms with van der Waals surface area (Å²) >= 11 is 0. The lowest BCUT2D eigenvalue weighted by Crippen LogP contribution is -2.46. The van der Waals surface area contributed by atoms with Gasteiger partial charge in [0.2, 0.25) is 5.91 Å². The second-order valence-electron chi connectivity index (χ2n) is 4.42. The molecule has 0 unspecified atom stereocenters.